The number of nitrogens with one attached hydrogen (secondary N) is 1. The fourth-order valence-electron chi connectivity index (χ4n) is 2.02. The van der Waals surface area contributed by atoms with Gasteiger partial charge in [0.25, 0.3) is 0 Å². The van der Waals surface area contributed by atoms with Crippen molar-refractivity contribution < 1.29 is 9.84 Å². The lowest BCUT2D eigenvalue weighted by Gasteiger charge is -2.49. The molecule has 0 bridgehead atoms. The highest BCUT2D eigenvalue weighted by atomic mass is 16.5. The third-order valence-corrected chi connectivity index (χ3v) is 3.52. The molecule has 0 aromatic carbocycles. The van der Waals surface area contributed by atoms with E-state index in [4.69, 9.17) is 4.74 Å². The van der Waals surface area contributed by atoms with Crippen LogP contribution in [-0.2, 0) is 4.74 Å². The maximum Gasteiger partial charge on any atom is 0.0621 e. The van der Waals surface area contributed by atoms with Crippen LogP contribution in [0.15, 0.2) is 0 Å². The zero-order valence-corrected chi connectivity index (χ0v) is 11.1. The van der Waals surface area contributed by atoms with Gasteiger partial charge in [-0.15, -0.1) is 0 Å². The lowest BCUT2D eigenvalue weighted by molar-refractivity contribution is -0.0726. The highest BCUT2D eigenvalue weighted by Gasteiger charge is 2.46. The summed E-state index contributed by atoms with van der Waals surface area (Å²) in [7, 11) is 0. The van der Waals surface area contributed by atoms with Gasteiger partial charge < -0.3 is 15.2 Å². The van der Waals surface area contributed by atoms with Gasteiger partial charge in [-0.2, -0.15) is 0 Å². The summed E-state index contributed by atoms with van der Waals surface area (Å²) in [6.45, 7) is 11.2. The Morgan fingerprint density at radius 3 is 2.62 bits per heavy atom. The summed E-state index contributed by atoms with van der Waals surface area (Å²) in [6, 6.07) is 0.465. The number of rotatable bonds is 7. The predicted molar refractivity (Wildman–Crippen MR) is 66.5 cm³/mol. The molecule has 1 saturated carbocycles. The summed E-state index contributed by atoms with van der Waals surface area (Å²) >= 11 is 0. The molecule has 0 heterocycles. The lowest BCUT2D eigenvalue weighted by atomic mass is 9.64. The van der Waals surface area contributed by atoms with E-state index in [-0.39, 0.29) is 11.5 Å². The summed E-state index contributed by atoms with van der Waals surface area (Å²) in [5, 5.41) is 13.1. The van der Waals surface area contributed by atoms with E-state index in [1.54, 1.807) is 0 Å². The summed E-state index contributed by atoms with van der Waals surface area (Å²) in [6.07, 6.45) is 1.80. The van der Waals surface area contributed by atoms with Crippen LogP contribution in [-0.4, -0.2) is 37.0 Å². The van der Waals surface area contributed by atoms with Crippen molar-refractivity contribution in [2.75, 3.05) is 19.8 Å². The van der Waals surface area contributed by atoms with Gasteiger partial charge in [-0.05, 0) is 25.3 Å². The number of aliphatic hydroxyl groups is 1. The summed E-state index contributed by atoms with van der Waals surface area (Å²) < 4.78 is 5.51. The molecule has 0 amide bonds. The van der Waals surface area contributed by atoms with Gasteiger partial charge in [-0.1, -0.05) is 27.7 Å². The first-order chi connectivity index (χ1) is 7.44. The van der Waals surface area contributed by atoms with E-state index >= 15 is 0 Å². The zero-order valence-electron chi connectivity index (χ0n) is 11.1. The van der Waals surface area contributed by atoms with Crippen LogP contribution in [0.5, 0.6) is 0 Å². The third-order valence-electron chi connectivity index (χ3n) is 3.52. The average molecular weight is 229 g/mol. The maximum absolute atomic E-state index is 9.58. The normalized spacial score (nSPS) is 28.1. The smallest absolute Gasteiger partial charge is 0.0621 e. The van der Waals surface area contributed by atoms with Crippen molar-refractivity contribution in [1.82, 2.24) is 5.32 Å². The fraction of sp³-hybridized carbons (Fsp3) is 1.00. The molecule has 3 nitrogen and oxygen atoms in total. The summed E-state index contributed by atoms with van der Waals surface area (Å²) in [5.41, 5.74) is 0.0405. The quantitative estimate of drug-likeness (QED) is 0.654. The number of aliphatic hydroxyl groups excluding tert-OH is 1. The fourth-order valence-corrected chi connectivity index (χ4v) is 2.02. The second kappa shape index (κ2) is 5.99. The first-order valence-electron chi connectivity index (χ1n) is 6.43. The molecule has 2 N–H and O–H groups in total. The minimum absolute atomic E-state index is 0.0405. The van der Waals surface area contributed by atoms with E-state index in [1.165, 1.54) is 0 Å². The Bertz CT molecular complexity index is 204. The molecule has 96 valence electrons. The highest BCUT2D eigenvalue weighted by molar-refractivity contribution is 5.01. The predicted octanol–water partition coefficient (Wildman–Crippen LogP) is 1.80. The molecule has 2 atom stereocenters. The van der Waals surface area contributed by atoms with Crippen LogP contribution in [0.25, 0.3) is 0 Å². The van der Waals surface area contributed by atoms with Gasteiger partial charge >= 0.3 is 0 Å². The van der Waals surface area contributed by atoms with Crippen molar-refractivity contribution in [3.05, 3.63) is 0 Å². The van der Waals surface area contributed by atoms with Gasteiger partial charge in [0.2, 0.25) is 0 Å². The van der Waals surface area contributed by atoms with Crippen LogP contribution in [0, 0.1) is 11.3 Å². The molecule has 1 aliphatic rings. The Kier molecular flexibility index (Phi) is 5.22. The first-order valence-corrected chi connectivity index (χ1v) is 6.43. The van der Waals surface area contributed by atoms with Crippen LogP contribution in [0.3, 0.4) is 0 Å². The summed E-state index contributed by atoms with van der Waals surface area (Å²) in [4.78, 5) is 0. The molecule has 2 unspecified atom stereocenters. The molecule has 0 aromatic rings. The second-order valence-corrected chi connectivity index (χ2v) is 5.90. The van der Waals surface area contributed by atoms with E-state index in [9.17, 15) is 5.11 Å². The SMILES string of the molecule is CC(C)COCCCNC1CC(O)C1(C)C. The van der Waals surface area contributed by atoms with Gasteiger partial charge in [-0.3, -0.25) is 0 Å². The van der Waals surface area contributed by atoms with Crippen LogP contribution in [0.4, 0.5) is 0 Å². The second-order valence-electron chi connectivity index (χ2n) is 5.90. The Morgan fingerprint density at radius 1 is 1.44 bits per heavy atom. The van der Waals surface area contributed by atoms with E-state index in [2.05, 4.69) is 33.0 Å². The largest absolute Gasteiger partial charge is 0.392 e. The molecular formula is C13H27NO2. The molecule has 1 fully saturated rings. The first kappa shape index (κ1) is 13.9. The molecule has 0 saturated heterocycles. The molecule has 3 heteroatoms. The van der Waals surface area contributed by atoms with Crippen LogP contribution < -0.4 is 5.32 Å². The Morgan fingerprint density at radius 2 is 2.12 bits per heavy atom. The summed E-state index contributed by atoms with van der Waals surface area (Å²) in [5.74, 6) is 0.619. The third kappa shape index (κ3) is 3.72. The molecule has 0 radical (unpaired) electrons. The van der Waals surface area contributed by atoms with Crippen LogP contribution >= 0.6 is 0 Å². The molecule has 16 heavy (non-hydrogen) atoms. The molecule has 1 aliphatic carbocycles. The Labute approximate surface area is 99.6 Å². The topological polar surface area (TPSA) is 41.5 Å². The zero-order chi connectivity index (χ0) is 12.2. The van der Waals surface area contributed by atoms with Crippen molar-refractivity contribution in [3.8, 4) is 0 Å². The average Bonchev–Trinajstić information content (AvgIpc) is 2.21. The van der Waals surface area contributed by atoms with E-state index in [1.807, 2.05) is 0 Å². The monoisotopic (exact) mass is 229 g/mol. The highest BCUT2D eigenvalue weighted by Crippen LogP contribution is 2.40. The standard InChI is InChI=1S/C13H27NO2/c1-10(2)9-16-7-5-6-14-11-8-12(15)13(11,3)4/h10-12,14-15H,5-9H2,1-4H3. The van der Waals surface area contributed by atoms with Gasteiger partial charge in [-0.25, -0.2) is 0 Å². The van der Waals surface area contributed by atoms with E-state index < -0.39 is 0 Å². The van der Waals surface area contributed by atoms with Crippen molar-refractivity contribution in [2.24, 2.45) is 11.3 Å². The van der Waals surface area contributed by atoms with Crippen molar-refractivity contribution in [3.63, 3.8) is 0 Å². The van der Waals surface area contributed by atoms with Gasteiger partial charge in [0.1, 0.15) is 0 Å². The minimum Gasteiger partial charge on any atom is -0.392 e. The number of hydrogen-bond acceptors (Lipinski definition) is 3. The van der Waals surface area contributed by atoms with E-state index in [0.717, 1.165) is 32.6 Å². The Balaban J connectivity index is 1.96. The van der Waals surface area contributed by atoms with Gasteiger partial charge in [0, 0.05) is 24.7 Å². The van der Waals surface area contributed by atoms with Gasteiger partial charge in [0.15, 0.2) is 0 Å². The van der Waals surface area contributed by atoms with Crippen molar-refractivity contribution in [2.45, 2.75) is 52.7 Å². The minimum atomic E-state index is -0.137. The lowest BCUT2D eigenvalue weighted by Crippen LogP contribution is -2.60. The molecule has 0 aliphatic heterocycles. The Hall–Kier alpha value is -0.120. The van der Waals surface area contributed by atoms with Crippen molar-refractivity contribution in [1.29, 1.82) is 0 Å². The van der Waals surface area contributed by atoms with E-state index in [0.29, 0.717) is 12.0 Å². The number of hydrogen-bond donors (Lipinski definition) is 2. The van der Waals surface area contributed by atoms with Gasteiger partial charge in [0.05, 0.1) is 6.10 Å². The molecule has 0 aromatic heterocycles. The molecule has 1 rings (SSSR count). The van der Waals surface area contributed by atoms with Crippen LogP contribution in [0.2, 0.25) is 0 Å². The number of ether oxygens (including phenoxy) is 1. The van der Waals surface area contributed by atoms with Crippen molar-refractivity contribution >= 4 is 0 Å². The molecular weight excluding hydrogens is 202 g/mol. The molecule has 0 spiro atoms. The van der Waals surface area contributed by atoms with Crippen LogP contribution in [0.1, 0.15) is 40.5 Å². The maximum atomic E-state index is 9.58.